The lowest BCUT2D eigenvalue weighted by molar-refractivity contribution is -0.123. The van der Waals surface area contributed by atoms with E-state index in [1.807, 2.05) is 44.2 Å². The smallest absolute Gasteiger partial charge is 0.258 e. The van der Waals surface area contributed by atoms with Crippen LogP contribution in [0.2, 0.25) is 0 Å². The van der Waals surface area contributed by atoms with E-state index in [9.17, 15) is 9.59 Å². The molecule has 1 heterocycles. The number of aryl methyl sites for hydroxylation is 1. The van der Waals surface area contributed by atoms with E-state index >= 15 is 0 Å². The molecule has 0 aliphatic carbocycles. The fourth-order valence-corrected chi connectivity index (χ4v) is 2.68. The van der Waals surface area contributed by atoms with E-state index in [0.29, 0.717) is 23.5 Å². The van der Waals surface area contributed by atoms with Gasteiger partial charge in [0.2, 0.25) is 0 Å². The minimum Gasteiger partial charge on any atom is -0.483 e. The number of carbonyl (C=O) groups excluding carboxylic acids is 2. The summed E-state index contributed by atoms with van der Waals surface area (Å²) >= 11 is 0. The van der Waals surface area contributed by atoms with E-state index in [4.69, 9.17) is 4.74 Å². The number of anilines is 1. The van der Waals surface area contributed by atoms with E-state index in [2.05, 4.69) is 15.6 Å². The number of carbonyl (C=O) groups is 2. The van der Waals surface area contributed by atoms with E-state index in [0.717, 1.165) is 16.7 Å². The van der Waals surface area contributed by atoms with Crippen LogP contribution in [0.15, 0.2) is 67.0 Å². The molecule has 0 radical (unpaired) electrons. The largest absolute Gasteiger partial charge is 0.483 e. The summed E-state index contributed by atoms with van der Waals surface area (Å²) in [5, 5.41) is 5.64. The predicted octanol–water partition coefficient (Wildman–Crippen LogP) is 3.65. The highest BCUT2D eigenvalue weighted by molar-refractivity contribution is 6.04. The molecule has 0 fully saturated rings. The van der Waals surface area contributed by atoms with Gasteiger partial charge in [-0.05, 0) is 60.9 Å². The average Bonchev–Trinajstić information content (AvgIpc) is 2.75. The molecule has 2 N–H and O–H groups in total. The zero-order chi connectivity index (χ0) is 20.6. The van der Waals surface area contributed by atoms with Gasteiger partial charge in [0.15, 0.2) is 6.61 Å². The lowest BCUT2D eigenvalue weighted by atomic mass is 10.1. The van der Waals surface area contributed by atoms with Crippen molar-refractivity contribution in [3.05, 3.63) is 89.2 Å². The minimum atomic E-state index is -0.220. The number of amides is 2. The number of ether oxygens (including phenoxy) is 1. The molecule has 148 valence electrons. The van der Waals surface area contributed by atoms with Crippen LogP contribution in [0.4, 0.5) is 5.69 Å². The standard InChI is InChI=1S/C23H23N3O3/c1-16-5-3-7-21(17(16)2)29-15-22(27)25-13-18-8-10-20(11-9-18)26-23(28)19-6-4-12-24-14-19/h3-12,14H,13,15H2,1-2H3,(H,25,27)(H,26,28). The molecule has 3 rings (SSSR count). The number of rotatable bonds is 7. The molecular formula is C23H23N3O3. The van der Waals surface area contributed by atoms with Crippen LogP contribution in [0.1, 0.15) is 27.0 Å². The van der Waals surface area contributed by atoms with Crippen molar-refractivity contribution in [1.29, 1.82) is 0 Å². The van der Waals surface area contributed by atoms with E-state index in [1.165, 1.54) is 6.20 Å². The molecule has 1 aromatic heterocycles. The summed E-state index contributed by atoms with van der Waals surface area (Å²) < 4.78 is 5.61. The number of benzene rings is 2. The number of hydrogen-bond donors (Lipinski definition) is 2. The normalized spacial score (nSPS) is 10.3. The molecule has 0 unspecified atom stereocenters. The number of nitrogens with zero attached hydrogens (tertiary/aromatic N) is 1. The van der Waals surface area contributed by atoms with E-state index in [1.54, 1.807) is 30.5 Å². The molecule has 0 bridgehead atoms. The summed E-state index contributed by atoms with van der Waals surface area (Å²) in [5.41, 5.74) is 4.24. The van der Waals surface area contributed by atoms with Crippen LogP contribution in [-0.4, -0.2) is 23.4 Å². The number of nitrogens with one attached hydrogen (secondary N) is 2. The summed E-state index contributed by atoms with van der Waals surface area (Å²) in [6, 6.07) is 16.5. The Bertz CT molecular complexity index is 986. The third-order valence-corrected chi connectivity index (χ3v) is 4.54. The van der Waals surface area contributed by atoms with Gasteiger partial charge in [-0.1, -0.05) is 24.3 Å². The maximum atomic E-state index is 12.1. The second-order valence-electron chi connectivity index (χ2n) is 6.66. The van der Waals surface area contributed by atoms with Gasteiger partial charge < -0.3 is 15.4 Å². The molecular weight excluding hydrogens is 366 g/mol. The van der Waals surface area contributed by atoms with Crippen LogP contribution >= 0.6 is 0 Å². The monoisotopic (exact) mass is 389 g/mol. The van der Waals surface area contributed by atoms with Crippen LogP contribution in [0.3, 0.4) is 0 Å². The maximum Gasteiger partial charge on any atom is 0.258 e. The molecule has 0 aliphatic heterocycles. The highest BCUT2D eigenvalue weighted by atomic mass is 16.5. The lowest BCUT2D eigenvalue weighted by Gasteiger charge is -2.11. The van der Waals surface area contributed by atoms with Gasteiger partial charge in [-0.25, -0.2) is 0 Å². The molecule has 0 atom stereocenters. The Balaban J connectivity index is 1.46. The molecule has 0 saturated heterocycles. The molecule has 6 heteroatoms. The van der Waals surface area contributed by atoms with Crippen molar-refractivity contribution < 1.29 is 14.3 Å². The van der Waals surface area contributed by atoms with Crippen LogP contribution in [0.25, 0.3) is 0 Å². The average molecular weight is 389 g/mol. The van der Waals surface area contributed by atoms with Gasteiger partial charge in [-0.2, -0.15) is 0 Å². The Morgan fingerprint density at radius 3 is 2.52 bits per heavy atom. The second kappa shape index (κ2) is 9.50. The van der Waals surface area contributed by atoms with Gasteiger partial charge in [-0.15, -0.1) is 0 Å². The summed E-state index contributed by atoms with van der Waals surface area (Å²) in [6.07, 6.45) is 3.13. The van der Waals surface area contributed by atoms with Crippen molar-refractivity contribution >= 4 is 17.5 Å². The zero-order valence-electron chi connectivity index (χ0n) is 16.4. The van der Waals surface area contributed by atoms with Gasteiger partial charge in [0, 0.05) is 24.6 Å². The predicted molar refractivity (Wildman–Crippen MR) is 112 cm³/mol. The first-order valence-electron chi connectivity index (χ1n) is 9.29. The van der Waals surface area contributed by atoms with Crippen LogP contribution in [-0.2, 0) is 11.3 Å². The summed E-state index contributed by atoms with van der Waals surface area (Å²) in [4.78, 5) is 28.1. The Morgan fingerprint density at radius 2 is 1.79 bits per heavy atom. The van der Waals surface area contributed by atoms with Crippen molar-refractivity contribution in [3.63, 3.8) is 0 Å². The second-order valence-corrected chi connectivity index (χ2v) is 6.66. The quantitative estimate of drug-likeness (QED) is 0.646. The fourth-order valence-electron chi connectivity index (χ4n) is 2.68. The minimum absolute atomic E-state index is 0.0381. The first-order valence-corrected chi connectivity index (χ1v) is 9.29. The van der Waals surface area contributed by atoms with Gasteiger partial charge in [0.25, 0.3) is 11.8 Å². The molecule has 3 aromatic rings. The van der Waals surface area contributed by atoms with E-state index in [-0.39, 0.29) is 18.4 Å². The highest BCUT2D eigenvalue weighted by Crippen LogP contribution is 2.20. The lowest BCUT2D eigenvalue weighted by Crippen LogP contribution is -2.28. The van der Waals surface area contributed by atoms with Crippen LogP contribution in [0.5, 0.6) is 5.75 Å². The summed E-state index contributed by atoms with van der Waals surface area (Å²) in [5.74, 6) is 0.302. The SMILES string of the molecule is Cc1cccc(OCC(=O)NCc2ccc(NC(=O)c3cccnc3)cc2)c1C. The highest BCUT2D eigenvalue weighted by Gasteiger charge is 2.07. The van der Waals surface area contributed by atoms with E-state index < -0.39 is 0 Å². The topological polar surface area (TPSA) is 80.3 Å². The van der Waals surface area contributed by atoms with Gasteiger partial charge >= 0.3 is 0 Å². The Morgan fingerprint density at radius 1 is 1.00 bits per heavy atom. The first-order chi connectivity index (χ1) is 14.0. The first kappa shape index (κ1) is 20.1. The summed E-state index contributed by atoms with van der Waals surface area (Å²) in [7, 11) is 0. The fraction of sp³-hybridized carbons (Fsp3) is 0.174. The molecule has 0 spiro atoms. The van der Waals surface area contributed by atoms with Crippen molar-refractivity contribution in [2.45, 2.75) is 20.4 Å². The van der Waals surface area contributed by atoms with Crippen molar-refractivity contribution in [3.8, 4) is 5.75 Å². The number of pyridine rings is 1. The van der Waals surface area contributed by atoms with Gasteiger partial charge in [0.1, 0.15) is 5.75 Å². The van der Waals surface area contributed by atoms with Crippen molar-refractivity contribution in [1.82, 2.24) is 10.3 Å². The van der Waals surface area contributed by atoms with Crippen LogP contribution < -0.4 is 15.4 Å². The van der Waals surface area contributed by atoms with Crippen LogP contribution in [0, 0.1) is 13.8 Å². The van der Waals surface area contributed by atoms with Crippen molar-refractivity contribution in [2.24, 2.45) is 0 Å². The van der Waals surface area contributed by atoms with Crippen molar-refractivity contribution in [2.75, 3.05) is 11.9 Å². The summed E-state index contributed by atoms with van der Waals surface area (Å²) in [6.45, 7) is 4.32. The molecule has 2 amide bonds. The zero-order valence-corrected chi connectivity index (χ0v) is 16.4. The Hall–Kier alpha value is -3.67. The molecule has 2 aromatic carbocycles. The van der Waals surface area contributed by atoms with Gasteiger partial charge in [-0.3, -0.25) is 14.6 Å². The number of hydrogen-bond acceptors (Lipinski definition) is 4. The van der Waals surface area contributed by atoms with Gasteiger partial charge in [0.05, 0.1) is 5.56 Å². The maximum absolute atomic E-state index is 12.1. The molecule has 0 aliphatic rings. The number of aromatic nitrogens is 1. The Kier molecular flexibility index (Phi) is 6.58. The molecule has 29 heavy (non-hydrogen) atoms. The molecule has 0 saturated carbocycles. The third kappa shape index (κ3) is 5.65. The molecule has 6 nitrogen and oxygen atoms in total. The third-order valence-electron chi connectivity index (χ3n) is 4.54. The Labute approximate surface area is 169 Å².